The van der Waals surface area contributed by atoms with E-state index in [0.717, 1.165) is 55.3 Å². The van der Waals surface area contributed by atoms with Crippen molar-refractivity contribution in [1.82, 2.24) is 4.90 Å². The van der Waals surface area contributed by atoms with Gasteiger partial charge >= 0.3 is 6.16 Å². The number of ether oxygens (including phenoxy) is 1. The lowest BCUT2D eigenvalue weighted by atomic mass is 9.92. The van der Waals surface area contributed by atoms with Crippen LogP contribution >= 0.6 is 23.2 Å². The Balaban J connectivity index is 1.46. The number of rotatable bonds is 5. The van der Waals surface area contributed by atoms with Gasteiger partial charge in [-0.3, -0.25) is 4.79 Å². The molecular formula is C24H25Cl2NO5. The first-order valence-corrected chi connectivity index (χ1v) is 11.5. The highest BCUT2D eigenvalue weighted by Crippen LogP contribution is 2.37. The molecule has 170 valence electrons. The van der Waals surface area contributed by atoms with Gasteiger partial charge in [0.05, 0.1) is 6.10 Å². The molecule has 32 heavy (non-hydrogen) atoms. The normalized spacial score (nSPS) is 23.4. The van der Waals surface area contributed by atoms with Crippen LogP contribution in [0.3, 0.4) is 0 Å². The van der Waals surface area contributed by atoms with E-state index in [4.69, 9.17) is 28.3 Å². The standard InChI is InChI=1S/C24H25Cl2NO5/c25-21-12-16(14-1-7-19(8-2-14)32-24(30)31)13-22(26)20(21)11-15-9-10-27(23(15)29)17-3-5-18(28)6-4-17/h1-2,7-8,12-13,15,17-18,28H,3-6,9-11H2,(H,30,31)/t15-,17?,18?/m0/s1. The molecule has 6 nitrogen and oxygen atoms in total. The number of carbonyl (C=O) groups is 2. The van der Waals surface area contributed by atoms with Crippen LogP contribution < -0.4 is 4.74 Å². The summed E-state index contributed by atoms with van der Waals surface area (Å²) in [6, 6.07) is 10.5. The summed E-state index contributed by atoms with van der Waals surface area (Å²) in [5.41, 5.74) is 2.38. The highest BCUT2D eigenvalue weighted by Gasteiger charge is 2.37. The largest absolute Gasteiger partial charge is 0.511 e. The van der Waals surface area contributed by atoms with Crippen molar-refractivity contribution in [3.05, 3.63) is 52.0 Å². The molecule has 2 fully saturated rings. The number of halogens is 2. The molecular weight excluding hydrogens is 453 g/mol. The lowest BCUT2D eigenvalue weighted by Gasteiger charge is -2.33. The van der Waals surface area contributed by atoms with Crippen molar-refractivity contribution in [2.75, 3.05) is 6.54 Å². The number of carboxylic acid groups (broad SMARTS) is 1. The molecule has 1 heterocycles. The number of aliphatic hydroxyl groups is 1. The lowest BCUT2D eigenvalue weighted by molar-refractivity contribution is -0.133. The highest BCUT2D eigenvalue weighted by atomic mass is 35.5. The third-order valence-electron chi connectivity index (χ3n) is 6.44. The zero-order chi connectivity index (χ0) is 22.8. The summed E-state index contributed by atoms with van der Waals surface area (Å²) in [6.07, 6.45) is 2.87. The molecule has 1 aliphatic heterocycles. The van der Waals surface area contributed by atoms with Crippen LogP contribution in [0, 0.1) is 5.92 Å². The minimum absolute atomic E-state index is 0.143. The van der Waals surface area contributed by atoms with Crippen molar-refractivity contribution in [3.63, 3.8) is 0 Å². The molecule has 1 amide bonds. The van der Waals surface area contributed by atoms with E-state index >= 15 is 0 Å². The fourth-order valence-corrected chi connectivity index (χ4v) is 5.35. The van der Waals surface area contributed by atoms with Gasteiger partial charge in [0.15, 0.2) is 0 Å². The molecule has 2 aromatic carbocycles. The summed E-state index contributed by atoms with van der Waals surface area (Å²) in [5, 5.41) is 19.4. The van der Waals surface area contributed by atoms with Crippen molar-refractivity contribution in [3.8, 4) is 16.9 Å². The summed E-state index contributed by atoms with van der Waals surface area (Å²) < 4.78 is 4.63. The van der Waals surface area contributed by atoms with E-state index in [1.54, 1.807) is 24.3 Å². The summed E-state index contributed by atoms with van der Waals surface area (Å²) in [4.78, 5) is 25.7. The number of hydrogen-bond acceptors (Lipinski definition) is 4. The molecule has 2 N–H and O–H groups in total. The van der Waals surface area contributed by atoms with Crippen LogP contribution in [-0.4, -0.2) is 45.9 Å². The fraction of sp³-hybridized carbons (Fsp3) is 0.417. The highest BCUT2D eigenvalue weighted by molar-refractivity contribution is 6.36. The van der Waals surface area contributed by atoms with E-state index in [9.17, 15) is 14.7 Å². The molecule has 2 aromatic rings. The van der Waals surface area contributed by atoms with E-state index < -0.39 is 6.16 Å². The molecule has 1 aliphatic carbocycles. The summed E-state index contributed by atoms with van der Waals surface area (Å²) in [7, 11) is 0. The third-order valence-corrected chi connectivity index (χ3v) is 7.12. The van der Waals surface area contributed by atoms with E-state index in [1.807, 2.05) is 17.0 Å². The Morgan fingerprint density at radius 2 is 1.62 bits per heavy atom. The van der Waals surface area contributed by atoms with Gasteiger partial charge in [0.25, 0.3) is 0 Å². The predicted octanol–water partition coefficient (Wildman–Crippen LogP) is 5.41. The van der Waals surface area contributed by atoms with Gasteiger partial charge in [-0.25, -0.2) is 4.79 Å². The van der Waals surface area contributed by atoms with Gasteiger partial charge in [-0.2, -0.15) is 0 Å². The number of benzene rings is 2. The first-order valence-electron chi connectivity index (χ1n) is 10.8. The maximum atomic E-state index is 13.0. The number of likely N-dealkylation sites (tertiary alicyclic amines) is 1. The van der Waals surface area contributed by atoms with E-state index in [-0.39, 0.29) is 29.7 Å². The lowest BCUT2D eigenvalue weighted by Crippen LogP contribution is -2.41. The first kappa shape index (κ1) is 22.9. The molecule has 2 aliphatic rings. The van der Waals surface area contributed by atoms with Crippen LogP contribution in [0.2, 0.25) is 10.0 Å². The average molecular weight is 478 g/mol. The Kier molecular flexibility index (Phi) is 6.93. The minimum atomic E-state index is -1.37. The molecule has 4 rings (SSSR count). The quantitative estimate of drug-likeness (QED) is 0.443. The zero-order valence-corrected chi connectivity index (χ0v) is 19.0. The maximum absolute atomic E-state index is 13.0. The summed E-state index contributed by atoms with van der Waals surface area (Å²) in [6.45, 7) is 0.738. The average Bonchev–Trinajstić information content (AvgIpc) is 3.11. The predicted molar refractivity (Wildman–Crippen MR) is 122 cm³/mol. The molecule has 0 unspecified atom stereocenters. The number of hydrogen-bond donors (Lipinski definition) is 2. The molecule has 8 heteroatoms. The number of amides is 1. The van der Waals surface area contributed by atoms with Gasteiger partial charge in [0, 0.05) is 28.5 Å². The Labute approximate surface area is 196 Å². The molecule has 0 bridgehead atoms. The SMILES string of the molecule is O=C(O)Oc1ccc(-c2cc(Cl)c(C[C@@H]3CCN(C4CCC(O)CC4)C3=O)c(Cl)c2)cc1. The third kappa shape index (κ3) is 5.03. The molecule has 1 saturated heterocycles. The van der Waals surface area contributed by atoms with Crippen LogP contribution in [0.15, 0.2) is 36.4 Å². The minimum Gasteiger partial charge on any atom is -0.449 e. The zero-order valence-electron chi connectivity index (χ0n) is 17.5. The van der Waals surface area contributed by atoms with Crippen molar-refractivity contribution in [2.24, 2.45) is 5.92 Å². The second kappa shape index (κ2) is 9.69. The second-order valence-electron chi connectivity index (χ2n) is 8.49. The van der Waals surface area contributed by atoms with Gasteiger partial charge in [-0.05, 0) is 79.5 Å². The summed E-state index contributed by atoms with van der Waals surface area (Å²) in [5.74, 6) is 0.235. The smallest absolute Gasteiger partial charge is 0.449 e. The topological polar surface area (TPSA) is 87.1 Å². The van der Waals surface area contributed by atoms with Crippen molar-refractivity contribution < 1.29 is 24.5 Å². The molecule has 1 saturated carbocycles. The van der Waals surface area contributed by atoms with Crippen LogP contribution in [-0.2, 0) is 11.2 Å². The molecule has 0 aromatic heterocycles. The van der Waals surface area contributed by atoms with Crippen molar-refractivity contribution in [2.45, 2.75) is 50.7 Å². The van der Waals surface area contributed by atoms with Gasteiger partial charge in [0.1, 0.15) is 5.75 Å². The second-order valence-corrected chi connectivity index (χ2v) is 9.31. The molecule has 1 atom stereocenters. The van der Waals surface area contributed by atoms with E-state index in [1.165, 1.54) is 0 Å². The Morgan fingerprint density at radius 1 is 1.00 bits per heavy atom. The van der Waals surface area contributed by atoms with Crippen LogP contribution in [0.5, 0.6) is 5.75 Å². The Morgan fingerprint density at radius 3 is 2.22 bits per heavy atom. The number of aliphatic hydroxyl groups excluding tert-OH is 1. The van der Waals surface area contributed by atoms with Crippen molar-refractivity contribution >= 4 is 35.3 Å². The van der Waals surface area contributed by atoms with Gasteiger partial charge in [-0.15, -0.1) is 0 Å². The van der Waals surface area contributed by atoms with Crippen molar-refractivity contribution in [1.29, 1.82) is 0 Å². The number of carbonyl (C=O) groups excluding carboxylic acids is 1. The first-order chi connectivity index (χ1) is 15.3. The van der Waals surface area contributed by atoms with E-state index in [2.05, 4.69) is 4.74 Å². The number of nitrogens with zero attached hydrogens (tertiary/aromatic N) is 1. The van der Waals surface area contributed by atoms with Crippen LogP contribution in [0.4, 0.5) is 4.79 Å². The Hall–Kier alpha value is -2.28. The summed E-state index contributed by atoms with van der Waals surface area (Å²) >= 11 is 13.1. The van der Waals surface area contributed by atoms with Crippen LogP contribution in [0.1, 0.15) is 37.7 Å². The molecule has 0 spiro atoms. The van der Waals surface area contributed by atoms with Gasteiger partial charge < -0.3 is 19.8 Å². The monoisotopic (exact) mass is 477 g/mol. The molecule has 0 radical (unpaired) electrons. The fourth-order valence-electron chi connectivity index (χ4n) is 4.71. The maximum Gasteiger partial charge on any atom is 0.511 e. The van der Waals surface area contributed by atoms with E-state index in [0.29, 0.717) is 16.5 Å². The Bertz CT molecular complexity index is 979. The van der Waals surface area contributed by atoms with Gasteiger partial charge in [0.2, 0.25) is 5.91 Å². The van der Waals surface area contributed by atoms with Gasteiger partial charge in [-0.1, -0.05) is 35.3 Å². The van der Waals surface area contributed by atoms with Crippen LogP contribution in [0.25, 0.3) is 11.1 Å².